The third-order valence-corrected chi connectivity index (χ3v) is 3.01. The van der Waals surface area contributed by atoms with Crippen molar-refractivity contribution in [1.29, 1.82) is 0 Å². The van der Waals surface area contributed by atoms with Gasteiger partial charge in [-0.1, -0.05) is 32.3 Å². The molecule has 1 unspecified atom stereocenters. The van der Waals surface area contributed by atoms with Crippen LogP contribution in [0.15, 0.2) is 29.4 Å². The average molecular weight is 262 g/mol. The summed E-state index contributed by atoms with van der Waals surface area (Å²) in [5.41, 5.74) is 1.02. The highest BCUT2D eigenvalue weighted by molar-refractivity contribution is 5.79. The van der Waals surface area contributed by atoms with Crippen molar-refractivity contribution < 1.29 is 0 Å². The number of pyridine rings is 1. The molecule has 1 heterocycles. The van der Waals surface area contributed by atoms with E-state index in [1.54, 1.807) is 13.2 Å². The standard InChI is InChI=1S/C15H26N4/c1-4-5-6-9-13(2)19-15(16-3)18-12-14-10-7-8-11-17-14/h7-8,10-11,13H,4-6,9,12H2,1-3H3,(H2,16,18,19). The van der Waals surface area contributed by atoms with E-state index in [1.807, 2.05) is 18.2 Å². The largest absolute Gasteiger partial charge is 0.354 e. The molecule has 1 atom stereocenters. The van der Waals surface area contributed by atoms with E-state index in [1.165, 1.54) is 25.7 Å². The van der Waals surface area contributed by atoms with Crippen LogP contribution in [-0.4, -0.2) is 24.0 Å². The molecular formula is C15H26N4. The summed E-state index contributed by atoms with van der Waals surface area (Å²) < 4.78 is 0. The van der Waals surface area contributed by atoms with Gasteiger partial charge in [-0.2, -0.15) is 0 Å². The summed E-state index contributed by atoms with van der Waals surface area (Å²) in [5.74, 6) is 0.842. The number of unbranched alkanes of at least 4 members (excludes halogenated alkanes) is 2. The van der Waals surface area contributed by atoms with Crippen molar-refractivity contribution >= 4 is 5.96 Å². The van der Waals surface area contributed by atoms with Gasteiger partial charge in [0.15, 0.2) is 5.96 Å². The number of guanidine groups is 1. The number of nitrogens with one attached hydrogen (secondary N) is 2. The maximum Gasteiger partial charge on any atom is 0.191 e. The minimum atomic E-state index is 0.446. The third-order valence-electron chi connectivity index (χ3n) is 3.01. The lowest BCUT2D eigenvalue weighted by molar-refractivity contribution is 0.546. The first kappa shape index (κ1) is 15.5. The molecule has 0 spiro atoms. The van der Waals surface area contributed by atoms with Crippen molar-refractivity contribution in [2.24, 2.45) is 4.99 Å². The zero-order chi connectivity index (χ0) is 13.9. The molecule has 0 amide bonds. The van der Waals surface area contributed by atoms with Gasteiger partial charge in [-0.05, 0) is 25.5 Å². The Morgan fingerprint density at radius 3 is 2.84 bits per heavy atom. The highest BCUT2D eigenvalue weighted by Gasteiger charge is 2.04. The van der Waals surface area contributed by atoms with E-state index >= 15 is 0 Å². The fraction of sp³-hybridized carbons (Fsp3) is 0.600. The summed E-state index contributed by atoms with van der Waals surface area (Å²) in [6.45, 7) is 5.12. The van der Waals surface area contributed by atoms with Gasteiger partial charge >= 0.3 is 0 Å². The maximum absolute atomic E-state index is 4.28. The monoisotopic (exact) mass is 262 g/mol. The van der Waals surface area contributed by atoms with Crippen LogP contribution in [0.25, 0.3) is 0 Å². The summed E-state index contributed by atoms with van der Waals surface area (Å²) in [6, 6.07) is 6.37. The van der Waals surface area contributed by atoms with Crippen molar-refractivity contribution in [2.45, 2.75) is 52.1 Å². The number of hydrogen-bond donors (Lipinski definition) is 2. The fourth-order valence-electron chi connectivity index (χ4n) is 1.88. The van der Waals surface area contributed by atoms with Crippen molar-refractivity contribution in [3.05, 3.63) is 30.1 Å². The molecule has 0 radical (unpaired) electrons. The van der Waals surface area contributed by atoms with Crippen molar-refractivity contribution in [2.75, 3.05) is 7.05 Å². The van der Waals surface area contributed by atoms with Crippen LogP contribution in [-0.2, 0) is 6.54 Å². The lowest BCUT2D eigenvalue weighted by Gasteiger charge is -2.17. The molecule has 0 bridgehead atoms. The number of hydrogen-bond acceptors (Lipinski definition) is 2. The quantitative estimate of drug-likeness (QED) is 0.451. The molecule has 2 N–H and O–H groups in total. The molecule has 19 heavy (non-hydrogen) atoms. The van der Waals surface area contributed by atoms with Gasteiger partial charge in [-0.3, -0.25) is 9.98 Å². The van der Waals surface area contributed by atoms with E-state index < -0.39 is 0 Å². The first-order valence-corrected chi connectivity index (χ1v) is 7.13. The molecule has 4 nitrogen and oxygen atoms in total. The zero-order valence-electron chi connectivity index (χ0n) is 12.3. The summed E-state index contributed by atoms with van der Waals surface area (Å²) in [5, 5.41) is 6.69. The van der Waals surface area contributed by atoms with Crippen LogP contribution in [0.3, 0.4) is 0 Å². The normalized spacial score (nSPS) is 13.1. The Morgan fingerprint density at radius 1 is 1.37 bits per heavy atom. The molecule has 1 rings (SSSR count). The second kappa shape index (κ2) is 9.36. The smallest absolute Gasteiger partial charge is 0.191 e. The topological polar surface area (TPSA) is 49.3 Å². The Hall–Kier alpha value is -1.58. The Bertz CT molecular complexity index is 362. The van der Waals surface area contributed by atoms with Crippen LogP contribution in [0.4, 0.5) is 0 Å². The number of aliphatic imine (C=N–C) groups is 1. The van der Waals surface area contributed by atoms with E-state index in [2.05, 4.69) is 34.5 Å². The Morgan fingerprint density at radius 2 is 2.21 bits per heavy atom. The fourth-order valence-corrected chi connectivity index (χ4v) is 1.88. The average Bonchev–Trinajstić information content (AvgIpc) is 2.45. The van der Waals surface area contributed by atoms with E-state index in [0.29, 0.717) is 12.6 Å². The number of aromatic nitrogens is 1. The molecule has 0 saturated heterocycles. The Labute approximate surface area is 116 Å². The van der Waals surface area contributed by atoms with Gasteiger partial charge in [0.25, 0.3) is 0 Å². The van der Waals surface area contributed by atoms with E-state index in [-0.39, 0.29) is 0 Å². The van der Waals surface area contributed by atoms with Crippen LogP contribution >= 0.6 is 0 Å². The van der Waals surface area contributed by atoms with Crippen LogP contribution in [0.2, 0.25) is 0 Å². The second-order valence-corrected chi connectivity index (χ2v) is 4.79. The molecule has 0 aromatic carbocycles. The van der Waals surface area contributed by atoms with Gasteiger partial charge in [0.05, 0.1) is 12.2 Å². The Kier molecular flexibility index (Phi) is 7.63. The molecule has 0 aliphatic carbocycles. The predicted octanol–water partition coefficient (Wildman–Crippen LogP) is 2.72. The summed E-state index contributed by atoms with van der Waals surface area (Å²) in [7, 11) is 1.80. The summed E-state index contributed by atoms with van der Waals surface area (Å²) in [4.78, 5) is 8.52. The van der Waals surface area contributed by atoms with Gasteiger partial charge in [-0.25, -0.2) is 0 Å². The minimum absolute atomic E-state index is 0.446. The SMILES string of the molecule is CCCCCC(C)NC(=NC)NCc1ccccn1. The van der Waals surface area contributed by atoms with Crippen molar-refractivity contribution in [3.8, 4) is 0 Å². The lowest BCUT2D eigenvalue weighted by Crippen LogP contribution is -2.41. The maximum atomic E-state index is 4.28. The first-order chi connectivity index (χ1) is 9.26. The van der Waals surface area contributed by atoms with Gasteiger partial charge in [0, 0.05) is 19.3 Å². The molecule has 0 aliphatic rings. The third kappa shape index (κ3) is 6.79. The molecule has 0 fully saturated rings. The van der Waals surface area contributed by atoms with Crippen LogP contribution in [0, 0.1) is 0 Å². The summed E-state index contributed by atoms with van der Waals surface area (Å²) in [6.07, 6.45) is 6.81. The lowest BCUT2D eigenvalue weighted by atomic mass is 10.1. The highest BCUT2D eigenvalue weighted by atomic mass is 15.2. The van der Waals surface area contributed by atoms with Gasteiger partial charge in [0.2, 0.25) is 0 Å². The second-order valence-electron chi connectivity index (χ2n) is 4.79. The Balaban J connectivity index is 2.30. The van der Waals surface area contributed by atoms with Crippen LogP contribution in [0.1, 0.15) is 45.2 Å². The predicted molar refractivity (Wildman–Crippen MR) is 81.2 cm³/mol. The molecule has 0 saturated carbocycles. The van der Waals surface area contributed by atoms with Crippen molar-refractivity contribution in [1.82, 2.24) is 15.6 Å². The van der Waals surface area contributed by atoms with E-state index in [0.717, 1.165) is 11.7 Å². The van der Waals surface area contributed by atoms with Crippen LogP contribution < -0.4 is 10.6 Å². The zero-order valence-corrected chi connectivity index (χ0v) is 12.3. The molecule has 4 heteroatoms. The molecule has 0 aliphatic heterocycles. The summed E-state index contributed by atoms with van der Waals surface area (Å²) >= 11 is 0. The van der Waals surface area contributed by atoms with Gasteiger partial charge in [-0.15, -0.1) is 0 Å². The molecular weight excluding hydrogens is 236 g/mol. The minimum Gasteiger partial charge on any atom is -0.354 e. The molecule has 106 valence electrons. The number of rotatable bonds is 7. The van der Waals surface area contributed by atoms with Crippen molar-refractivity contribution in [3.63, 3.8) is 0 Å². The van der Waals surface area contributed by atoms with E-state index in [9.17, 15) is 0 Å². The highest BCUT2D eigenvalue weighted by Crippen LogP contribution is 2.02. The number of nitrogens with zero attached hydrogens (tertiary/aromatic N) is 2. The molecule has 1 aromatic rings. The van der Waals surface area contributed by atoms with Gasteiger partial charge in [0.1, 0.15) is 0 Å². The van der Waals surface area contributed by atoms with Crippen LogP contribution in [0.5, 0.6) is 0 Å². The van der Waals surface area contributed by atoms with Gasteiger partial charge < -0.3 is 10.6 Å². The van der Waals surface area contributed by atoms with E-state index in [4.69, 9.17) is 0 Å². The first-order valence-electron chi connectivity index (χ1n) is 7.13. The molecule has 1 aromatic heterocycles.